The van der Waals surface area contributed by atoms with Crippen LogP contribution in [0.25, 0.3) is 6.08 Å². The Bertz CT molecular complexity index is 343. The highest BCUT2D eigenvalue weighted by molar-refractivity contribution is 7.80. The van der Waals surface area contributed by atoms with Crippen LogP contribution in [0.5, 0.6) is 0 Å². The van der Waals surface area contributed by atoms with Crippen LogP contribution in [0.4, 0.5) is 0 Å². The minimum Gasteiger partial charge on any atom is -0.343 e. The number of hydrogen-bond donors (Lipinski definition) is 0. The van der Waals surface area contributed by atoms with Crippen LogP contribution < -0.4 is 0 Å². The minimum atomic E-state index is 1.06. The summed E-state index contributed by atoms with van der Waals surface area (Å²) in [5.41, 5.74) is 1.22. The molecule has 1 saturated heterocycles. The van der Waals surface area contributed by atoms with Gasteiger partial charge in [-0.25, -0.2) is 0 Å². The van der Waals surface area contributed by atoms with Gasteiger partial charge in [0.1, 0.15) is 0 Å². The minimum absolute atomic E-state index is 1.06. The van der Waals surface area contributed by atoms with Crippen molar-refractivity contribution in [3.8, 4) is 0 Å². The Labute approximate surface area is 90.0 Å². The molecule has 0 aliphatic carbocycles. The number of nitrogens with zero attached hydrogens (tertiary/aromatic N) is 1. The lowest BCUT2D eigenvalue weighted by atomic mass is 10.2. The van der Waals surface area contributed by atoms with Crippen LogP contribution in [0.3, 0.4) is 0 Å². The fourth-order valence-corrected chi connectivity index (χ4v) is 1.86. The molecule has 2 heteroatoms. The van der Waals surface area contributed by atoms with Gasteiger partial charge in [-0.1, -0.05) is 42.5 Å². The van der Waals surface area contributed by atoms with Gasteiger partial charge < -0.3 is 4.90 Å². The van der Waals surface area contributed by atoms with E-state index in [9.17, 15) is 0 Å². The summed E-state index contributed by atoms with van der Waals surface area (Å²) >= 11 is 5.23. The van der Waals surface area contributed by atoms with Gasteiger partial charge >= 0.3 is 0 Å². The van der Waals surface area contributed by atoms with E-state index in [0.717, 1.165) is 18.0 Å². The molecule has 0 atom stereocenters. The van der Waals surface area contributed by atoms with E-state index < -0.39 is 0 Å². The van der Waals surface area contributed by atoms with E-state index in [4.69, 9.17) is 12.2 Å². The van der Waals surface area contributed by atoms with Crippen LogP contribution in [0.2, 0.25) is 0 Å². The van der Waals surface area contributed by atoms with Crippen LogP contribution in [0, 0.1) is 0 Å². The quantitative estimate of drug-likeness (QED) is 0.680. The van der Waals surface area contributed by atoms with Crippen molar-refractivity contribution in [3.05, 3.63) is 42.1 Å². The SMILES string of the molecule is S=C1CCCN1/C=C/c1ccccc1. The molecule has 0 aromatic heterocycles. The lowest BCUT2D eigenvalue weighted by Crippen LogP contribution is -2.15. The van der Waals surface area contributed by atoms with Crippen LogP contribution in [0.15, 0.2) is 36.5 Å². The molecule has 1 heterocycles. The van der Waals surface area contributed by atoms with Gasteiger partial charge in [0.25, 0.3) is 0 Å². The second kappa shape index (κ2) is 4.38. The summed E-state index contributed by atoms with van der Waals surface area (Å²) in [5, 5.41) is 0. The van der Waals surface area contributed by atoms with Crippen molar-refractivity contribution < 1.29 is 0 Å². The fourth-order valence-electron chi connectivity index (χ4n) is 1.57. The van der Waals surface area contributed by atoms with E-state index in [0.29, 0.717) is 0 Å². The molecule has 0 spiro atoms. The average Bonchev–Trinajstić information content (AvgIpc) is 2.63. The molecule has 14 heavy (non-hydrogen) atoms. The standard InChI is InChI=1S/C12H13NS/c14-12-7-4-9-13(12)10-8-11-5-2-1-3-6-11/h1-3,5-6,8,10H,4,7,9H2/b10-8+. The average molecular weight is 203 g/mol. The molecule has 72 valence electrons. The predicted molar refractivity (Wildman–Crippen MR) is 64.0 cm³/mol. The Hall–Kier alpha value is -1.15. The van der Waals surface area contributed by atoms with Crippen LogP contribution >= 0.6 is 12.2 Å². The Morgan fingerprint density at radius 2 is 2.00 bits per heavy atom. The molecule has 2 rings (SSSR count). The van der Waals surface area contributed by atoms with E-state index in [-0.39, 0.29) is 0 Å². The molecule has 0 N–H and O–H groups in total. The third-order valence-corrected chi connectivity index (χ3v) is 2.80. The molecular weight excluding hydrogens is 190 g/mol. The Morgan fingerprint density at radius 3 is 2.64 bits per heavy atom. The molecule has 0 amide bonds. The fraction of sp³-hybridized carbons (Fsp3) is 0.250. The normalized spacial score (nSPS) is 16.9. The molecule has 1 aromatic carbocycles. The van der Waals surface area contributed by atoms with Crippen LogP contribution in [-0.2, 0) is 0 Å². The Balaban J connectivity index is 2.03. The van der Waals surface area contributed by atoms with Gasteiger partial charge in [0.05, 0.1) is 4.99 Å². The highest BCUT2D eigenvalue weighted by atomic mass is 32.1. The maximum absolute atomic E-state index is 5.23. The van der Waals surface area contributed by atoms with Gasteiger partial charge in [0, 0.05) is 12.7 Å². The molecular formula is C12H13NS. The Morgan fingerprint density at radius 1 is 1.21 bits per heavy atom. The molecule has 1 aliphatic heterocycles. The van der Waals surface area contributed by atoms with E-state index in [1.807, 2.05) is 18.2 Å². The first-order valence-corrected chi connectivity index (χ1v) is 5.30. The van der Waals surface area contributed by atoms with E-state index in [2.05, 4.69) is 29.3 Å². The number of benzene rings is 1. The third kappa shape index (κ3) is 2.20. The summed E-state index contributed by atoms with van der Waals surface area (Å²) in [4.78, 5) is 3.22. The first kappa shape index (κ1) is 9.41. The summed E-state index contributed by atoms with van der Waals surface area (Å²) in [6.45, 7) is 1.07. The lowest BCUT2D eigenvalue weighted by molar-refractivity contribution is 0.614. The second-order valence-corrected chi connectivity index (χ2v) is 3.89. The van der Waals surface area contributed by atoms with Crippen molar-refractivity contribution in [2.24, 2.45) is 0 Å². The first-order valence-electron chi connectivity index (χ1n) is 4.89. The van der Waals surface area contributed by atoms with Gasteiger partial charge in [-0.3, -0.25) is 0 Å². The topological polar surface area (TPSA) is 3.24 Å². The van der Waals surface area contributed by atoms with Gasteiger partial charge in [-0.15, -0.1) is 0 Å². The van der Waals surface area contributed by atoms with Crippen molar-refractivity contribution in [3.63, 3.8) is 0 Å². The highest BCUT2D eigenvalue weighted by Gasteiger charge is 2.12. The van der Waals surface area contributed by atoms with Crippen LogP contribution in [-0.4, -0.2) is 16.4 Å². The molecule has 1 nitrogen and oxygen atoms in total. The van der Waals surface area contributed by atoms with Crippen molar-refractivity contribution in [2.75, 3.05) is 6.54 Å². The van der Waals surface area contributed by atoms with Crippen molar-refractivity contribution in [1.29, 1.82) is 0 Å². The third-order valence-electron chi connectivity index (χ3n) is 2.36. The molecule has 0 radical (unpaired) electrons. The summed E-state index contributed by atoms with van der Waals surface area (Å²) in [5.74, 6) is 0. The molecule has 0 unspecified atom stereocenters. The maximum atomic E-state index is 5.23. The zero-order valence-electron chi connectivity index (χ0n) is 8.02. The second-order valence-electron chi connectivity index (χ2n) is 3.42. The van der Waals surface area contributed by atoms with Gasteiger partial charge in [-0.2, -0.15) is 0 Å². The Kier molecular flexibility index (Phi) is 2.94. The number of hydrogen-bond acceptors (Lipinski definition) is 1. The number of rotatable bonds is 2. The van der Waals surface area contributed by atoms with Crippen LogP contribution in [0.1, 0.15) is 18.4 Å². The zero-order valence-corrected chi connectivity index (χ0v) is 8.83. The molecule has 1 aliphatic rings. The summed E-state index contributed by atoms with van der Waals surface area (Å²) in [7, 11) is 0. The van der Waals surface area contributed by atoms with E-state index in [1.54, 1.807) is 0 Å². The maximum Gasteiger partial charge on any atom is 0.0819 e. The largest absolute Gasteiger partial charge is 0.343 e. The molecule has 1 aromatic rings. The lowest BCUT2D eigenvalue weighted by Gasteiger charge is -2.10. The molecule has 0 saturated carbocycles. The van der Waals surface area contributed by atoms with Gasteiger partial charge in [-0.05, 0) is 24.5 Å². The van der Waals surface area contributed by atoms with Crippen molar-refractivity contribution >= 4 is 23.3 Å². The van der Waals surface area contributed by atoms with E-state index >= 15 is 0 Å². The monoisotopic (exact) mass is 203 g/mol. The number of thiocarbonyl (C=S) groups is 1. The summed E-state index contributed by atoms with van der Waals surface area (Å²) in [6.07, 6.45) is 6.45. The van der Waals surface area contributed by atoms with Gasteiger partial charge in [0.2, 0.25) is 0 Å². The molecule has 0 bridgehead atoms. The van der Waals surface area contributed by atoms with Gasteiger partial charge in [0.15, 0.2) is 0 Å². The highest BCUT2D eigenvalue weighted by Crippen LogP contribution is 2.13. The van der Waals surface area contributed by atoms with Crippen molar-refractivity contribution in [1.82, 2.24) is 4.90 Å². The predicted octanol–water partition coefficient (Wildman–Crippen LogP) is 3.08. The summed E-state index contributed by atoms with van der Waals surface area (Å²) in [6, 6.07) is 10.3. The number of likely N-dealkylation sites (tertiary alicyclic amines) is 1. The van der Waals surface area contributed by atoms with Crippen molar-refractivity contribution in [2.45, 2.75) is 12.8 Å². The first-order chi connectivity index (χ1) is 6.86. The zero-order chi connectivity index (χ0) is 9.80. The van der Waals surface area contributed by atoms with E-state index in [1.165, 1.54) is 12.0 Å². The smallest absolute Gasteiger partial charge is 0.0819 e. The molecule has 1 fully saturated rings. The summed E-state index contributed by atoms with van der Waals surface area (Å²) < 4.78 is 0.